The molecule has 19 heavy (non-hydrogen) atoms. The molecule has 1 aliphatic rings. The zero-order valence-electron chi connectivity index (χ0n) is 10.9. The van der Waals surface area contributed by atoms with E-state index in [0.717, 1.165) is 43.7 Å². The van der Waals surface area contributed by atoms with Gasteiger partial charge in [-0.15, -0.1) is 0 Å². The fourth-order valence-electron chi connectivity index (χ4n) is 2.14. The lowest BCUT2D eigenvalue weighted by Gasteiger charge is -2.26. The second-order valence-electron chi connectivity index (χ2n) is 4.64. The molecular weight excluding hydrogens is 308 g/mol. The summed E-state index contributed by atoms with van der Waals surface area (Å²) in [5.41, 5.74) is 7.26. The average Bonchev–Trinajstić information content (AvgIpc) is 2.46. The molecular formula is C14H19BrN2O2. The van der Waals surface area contributed by atoms with Crippen LogP contribution in [0.15, 0.2) is 22.7 Å². The van der Waals surface area contributed by atoms with E-state index >= 15 is 0 Å². The van der Waals surface area contributed by atoms with Crippen molar-refractivity contribution < 1.29 is 9.53 Å². The summed E-state index contributed by atoms with van der Waals surface area (Å²) in [6, 6.07) is 5.73. The van der Waals surface area contributed by atoms with E-state index in [1.165, 1.54) is 5.56 Å². The topological polar surface area (TPSA) is 55.6 Å². The van der Waals surface area contributed by atoms with Crippen LogP contribution in [0, 0.1) is 0 Å². The Balaban J connectivity index is 1.95. The summed E-state index contributed by atoms with van der Waals surface area (Å²) < 4.78 is 6.32. The zero-order valence-corrected chi connectivity index (χ0v) is 12.5. The van der Waals surface area contributed by atoms with Crippen LogP contribution in [0.5, 0.6) is 0 Å². The number of Topliss-reactive ketones (excluding diaryl/α,β-unsaturated/α-hetero) is 1. The number of nitrogens with zero attached hydrogens (tertiary/aromatic N) is 1. The highest BCUT2D eigenvalue weighted by atomic mass is 79.9. The van der Waals surface area contributed by atoms with E-state index in [1.54, 1.807) is 0 Å². The van der Waals surface area contributed by atoms with Gasteiger partial charge in [0.25, 0.3) is 0 Å². The minimum Gasteiger partial charge on any atom is -0.379 e. The number of benzene rings is 1. The monoisotopic (exact) mass is 326 g/mol. The van der Waals surface area contributed by atoms with Crippen molar-refractivity contribution in [2.45, 2.75) is 6.42 Å². The van der Waals surface area contributed by atoms with Crippen molar-refractivity contribution in [1.82, 2.24) is 4.90 Å². The normalized spacial score (nSPS) is 16.5. The Morgan fingerprint density at radius 3 is 2.74 bits per heavy atom. The van der Waals surface area contributed by atoms with Gasteiger partial charge in [-0.1, -0.05) is 28.1 Å². The van der Waals surface area contributed by atoms with Crippen molar-refractivity contribution in [3.05, 3.63) is 33.8 Å². The van der Waals surface area contributed by atoms with Gasteiger partial charge in [-0.25, -0.2) is 0 Å². The van der Waals surface area contributed by atoms with Crippen molar-refractivity contribution in [3.8, 4) is 0 Å². The number of ether oxygens (including phenoxy) is 1. The van der Waals surface area contributed by atoms with Gasteiger partial charge in [0.2, 0.25) is 0 Å². The molecule has 1 fully saturated rings. The fraction of sp³-hybridized carbons (Fsp3) is 0.500. The summed E-state index contributed by atoms with van der Waals surface area (Å²) in [4.78, 5) is 13.9. The van der Waals surface area contributed by atoms with E-state index in [-0.39, 0.29) is 12.3 Å². The van der Waals surface area contributed by atoms with E-state index < -0.39 is 0 Å². The van der Waals surface area contributed by atoms with E-state index in [2.05, 4.69) is 20.8 Å². The largest absolute Gasteiger partial charge is 0.379 e. The molecule has 5 heteroatoms. The maximum absolute atomic E-state index is 11.5. The number of halogens is 1. The summed E-state index contributed by atoms with van der Waals surface area (Å²) >= 11 is 3.53. The van der Waals surface area contributed by atoms with Gasteiger partial charge in [0.05, 0.1) is 19.8 Å². The van der Waals surface area contributed by atoms with Gasteiger partial charge < -0.3 is 10.5 Å². The van der Waals surface area contributed by atoms with Crippen molar-refractivity contribution >= 4 is 21.7 Å². The third-order valence-corrected chi connectivity index (χ3v) is 4.10. The predicted molar refractivity (Wildman–Crippen MR) is 78.5 cm³/mol. The zero-order chi connectivity index (χ0) is 13.7. The first kappa shape index (κ1) is 14.7. The first-order chi connectivity index (χ1) is 9.20. The molecule has 0 unspecified atom stereocenters. The maximum Gasteiger partial charge on any atom is 0.176 e. The molecule has 1 aliphatic heterocycles. The average molecular weight is 327 g/mol. The molecule has 2 N–H and O–H groups in total. The van der Waals surface area contributed by atoms with Crippen molar-refractivity contribution in [3.63, 3.8) is 0 Å². The Morgan fingerprint density at radius 2 is 2.11 bits per heavy atom. The molecule has 1 aromatic rings. The highest BCUT2D eigenvalue weighted by Gasteiger charge is 2.12. The van der Waals surface area contributed by atoms with Crippen molar-refractivity contribution in [2.75, 3.05) is 39.4 Å². The number of carbonyl (C=O) groups excluding carboxylic acids is 1. The second-order valence-corrected chi connectivity index (χ2v) is 5.49. The molecule has 0 amide bonds. The van der Waals surface area contributed by atoms with E-state index in [0.29, 0.717) is 5.56 Å². The van der Waals surface area contributed by atoms with Gasteiger partial charge in [-0.3, -0.25) is 9.69 Å². The lowest BCUT2D eigenvalue weighted by atomic mass is 10.1. The van der Waals surface area contributed by atoms with Crippen LogP contribution >= 0.6 is 15.9 Å². The van der Waals surface area contributed by atoms with Gasteiger partial charge in [0, 0.05) is 29.7 Å². The fourth-order valence-corrected chi connectivity index (χ4v) is 2.72. The molecule has 0 spiro atoms. The highest BCUT2D eigenvalue weighted by Crippen LogP contribution is 2.20. The van der Waals surface area contributed by atoms with Crippen molar-refractivity contribution in [1.29, 1.82) is 0 Å². The molecule has 0 atom stereocenters. The van der Waals surface area contributed by atoms with Crippen LogP contribution in [-0.4, -0.2) is 50.1 Å². The first-order valence-corrected chi connectivity index (χ1v) is 7.32. The highest BCUT2D eigenvalue weighted by molar-refractivity contribution is 9.10. The summed E-state index contributed by atoms with van der Waals surface area (Å²) in [6.07, 6.45) is 0.970. The Hall–Kier alpha value is -0.750. The minimum absolute atomic E-state index is 0.0274. The molecule has 2 rings (SSSR count). The molecule has 1 heterocycles. The molecule has 0 aliphatic carbocycles. The first-order valence-electron chi connectivity index (χ1n) is 6.52. The van der Waals surface area contributed by atoms with Crippen LogP contribution in [0.4, 0.5) is 0 Å². The quantitative estimate of drug-likeness (QED) is 0.832. The van der Waals surface area contributed by atoms with Crippen LogP contribution in [0.3, 0.4) is 0 Å². The molecule has 0 saturated carbocycles. The second kappa shape index (κ2) is 7.14. The van der Waals surface area contributed by atoms with Gasteiger partial charge in [-0.05, 0) is 18.1 Å². The van der Waals surface area contributed by atoms with Crippen LogP contribution < -0.4 is 5.73 Å². The summed E-state index contributed by atoms with van der Waals surface area (Å²) in [7, 11) is 0. The number of carbonyl (C=O) groups is 1. The number of hydrogen-bond acceptors (Lipinski definition) is 4. The third kappa shape index (κ3) is 4.11. The van der Waals surface area contributed by atoms with Crippen molar-refractivity contribution in [2.24, 2.45) is 5.73 Å². The van der Waals surface area contributed by atoms with E-state index in [1.807, 2.05) is 18.2 Å². The SMILES string of the molecule is NCC(=O)c1ccc(CCN2CCOCC2)c(Br)c1. The van der Waals surface area contributed by atoms with Gasteiger partial charge >= 0.3 is 0 Å². The summed E-state index contributed by atoms with van der Waals surface area (Å²) in [6.45, 7) is 4.73. The number of rotatable bonds is 5. The molecule has 0 radical (unpaired) electrons. The summed E-state index contributed by atoms with van der Waals surface area (Å²) in [5.74, 6) is -0.0274. The lowest BCUT2D eigenvalue weighted by Crippen LogP contribution is -2.37. The number of nitrogens with two attached hydrogens (primary N) is 1. The van der Waals surface area contributed by atoms with Crippen LogP contribution in [0.2, 0.25) is 0 Å². The minimum atomic E-state index is -0.0274. The predicted octanol–water partition coefficient (Wildman–Crippen LogP) is 1.47. The Kier molecular flexibility index (Phi) is 5.51. The molecule has 0 bridgehead atoms. The molecule has 4 nitrogen and oxygen atoms in total. The Labute approximate surface area is 122 Å². The smallest absolute Gasteiger partial charge is 0.176 e. The van der Waals surface area contributed by atoms with Gasteiger partial charge in [-0.2, -0.15) is 0 Å². The molecule has 104 valence electrons. The number of ketones is 1. The van der Waals surface area contributed by atoms with E-state index in [4.69, 9.17) is 10.5 Å². The summed E-state index contributed by atoms with van der Waals surface area (Å²) in [5, 5.41) is 0. The third-order valence-electron chi connectivity index (χ3n) is 3.36. The maximum atomic E-state index is 11.5. The standard InChI is InChI=1S/C14H19BrN2O2/c15-13-9-12(14(18)10-16)2-1-11(13)3-4-17-5-7-19-8-6-17/h1-2,9H,3-8,10,16H2. The molecule has 1 saturated heterocycles. The number of morpholine rings is 1. The lowest BCUT2D eigenvalue weighted by molar-refractivity contribution is 0.0384. The van der Waals surface area contributed by atoms with Crippen LogP contribution in [0.1, 0.15) is 15.9 Å². The Morgan fingerprint density at radius 1 is 1.37 bits per heavy atom. The van der Waals surface area contributed by atoms with Crippen LogP contribution in [-0.2, 0) is 11.2 Å². The molecule has 1 aromatic carbocycles. The van der Waals surface area contributed by atoms with Gasteiger partial charge in [0.1, 0.15) is 0 Å². The Bertz CT molecular complexity index is 445. The van der Waals surface area contributed by atoms with E-state index in [9.17, 15) is 4.79 Å². The van der Waals surface area contributed by atoms with Gasteiger partial charge in [0.15, 0.2) is 5.78 Å². The number of hydrogen-bond donors (Lipinski definition) is 1. The molecule has 0 aromatic heterocycles. The van der Waals surface area contributed by atoms with Crippen LogP contribution in [0.25, 0.3) is 0 Å².